The van der Waals surface area contributed by atoms with E-state index >= 15 is 0 Å². The summed E-state index contributed by atoms with van der Waals surface area (Å²) in [4.78, 5) is 24.2. The Hall–Kier alpha value is -1.18. The Balaban J connectivity index is 2.52. The molecule has 0 aliphatic carbocycles. The van der Waals surface area contributed by atoms with Gasteiger partial charge in [0, 0.05) is 20.2 Å². The molecule has 0 unspecified atom stereocenters. The highest BCUT2D eigenvalue weighted by Gasteiger charge is 2.36. The normalized spacial score (nSPS) is 23.0. The lowest BCUT2D eigenvalue weighted by molar-refractivity contribution is -0.155. The van der Waals surface area contributed by atoms with Gasteiger partial charge >= 0.3 is 5.97 Å². The van der Waals surface area contributed by atoms with Gasteiger partial charge in [-0.25, -0.2) is 4.79 Å². The number of ether oxygens (including phenoxy) is 2. The molecule has 18 heavy (non-hydrogen) atoms. The van der Waals surface area contributed by atoms with Crippen molar-refractivity contribution in [1.82, 2.24) is 4.90 Å². The summed E-state index contributed by atoms with van der Waals surface area (Å²) in [5, 5.41) is 17.7. The van der Waals surface area contributed by atoms with Crippen LogP contribution in [0.3, 0.4) is 0 Å². The third-order valence-corrected chi connectivity index (χ3v) is 2.82. The number of hydrogen-bond donors (Lipinski definition) is 2. The average Bonchev–Trinajstić information content (AvgIpc) is 2.83. The van der Waals surface area contributed by atoms with Crippen molar-refractivity contribution in [3.8, 4) is 0 Å². The number of carboxylic acids is 1. The van der Waals surface area contributed by atoms with Gasteiger partial charge in [-0.15, -0.1) is 0 Å². The van der Waals surface area contributed by atoms with Crippen molar-refractivity contribution in [2.75, 3.05) is 33.4 Å². The van der Waals surface area contributed by atoms with Gasteiger partial charge in [-0.3, -0.25) is 4.79 Å². The lowest BCUT2D eigenvalue weighted by Crippen LogP contribution is -2.42. The highest BCUT2D eigenvalue weighted by Crippen LogP contribution is 2.21. The quantitative estimate of drug-likeness (QED) is 0.615. The number of rotatable bonds is 7. The monoisotopic (exact) mass is 261 g/mol. The zero-order valence-corrected chi connectivity index (χ0v) is 10.4. The molecule has 2 atom stereocenters. The molecule has 1 amide bonds. The average molecular weight is 261 g/mol. The molecule has 0 saturated carbocycles. The standard InChI is InChI=1S/C11H19NO6/c1-17-7-5-12(4-6-13)10(14)8-2-3-9(18-8)11(15)16/h8-9,13H,2-7H2,1H3,(H,15,16)/t8-,9+/m0/s1. The fraction of sp³-hybridized carbons (Fsp3) is 0.818. The van der Waals surface area contributed by atoms with Crippen molar-refractivity contribution >= 4 is 11.9 Å². The molecule has 1 fully saturated rings. The van der Waals surface area contributed by atoms with E-state index in [1.807, 2.05) is 0 Å². The second kappa shape index (κ2) is 7.30. The Bertz CT molecular complexity index is 295. The van der Waals surface area contributed by atoms with Crippen molar-refractivity contribution in [3.05, 3.63) is 0 Å². The molecule has 1 aliphatic heterocycles. The number of hydrogen-bond acceptors (Lipinski definition) is 5. The number of amides is 1. The summed E-state index contributed by atoms with van der Waals surface area (Å²) in [6.07, 6.45) is -0.903. The summed E-state index contributed by atoms with van der Waals surface area (Å²) in [6.45, 7) is 0.763. The van der Waals surface area contributed by atoms with Crippen molar-refractivity contribution in [2.24, 2.45) is 0 Å². The predicted molar refractivity (Wildman–Crippen MR) is 61.1 cm³/mol. The van der Waals surface area contributed by atoms with E-state index in [-0.39, 0.29) is 19.1 Å². The first-order valence-electron chi connectivity index (χ1n) is 5.87. The highest BCUT2D eigenvalue weighted by atomic mass is 16.5. The maximum Gasteiger partial charge on any atom is 0.332 e. The van der Waals surface area contributed by atoms with Gasteiger partial charge in [-0.1, -0.05) is 0 Å². The Morgan fingerprint density at radius 3 is 2.50 bits per heavy atom. The molecule has 1 saturated heterocycles. The maximum atomic E-state index is 12.1. The summed E-state index contributed by atoms with van der Waals surface area (Å²) < 4.78 is 10.1. The van der Waals surface area contributed by atoms with E-state index in [9.17, 15) is 9.59 Å². The van der Waals surface area contributed by atoms with Crippen molar-refractivity contribution < 1.29 is 29.3 Å². The van der Waals surface area contributed by atoms with Crippen LogP contribution >= 0.6 is 0 Å². The lowest BCUT2D eigenvalue weighted by atomic mass is 10.2. The zero-order valence-electron chi connectivity index (χ0n) is 10.4. The third kappa shape index (κ3) is 3.94. The van der Waals surface area contributed by atoms with E-state index in [0.717, 1.165) is 0 Å². The number of aliphatic hydroxyl groups excluding tert-OH is 1. The fourth-order valence-electron chi connectivity index (χ4n) is 1.86. The van der Waals surface area contributed by atoms with E-state index in [0.29, 0.717) is 26.0 Å². The van der Waals surface area contributed by atoms with Crippen LogP contribution in [0.25, 0.3) is 0 Å². The fourth-order valence-corrected chi connectivity index (χ4v) is 1.86. The summed E-state index contributed by atoms with van der Waals surface area (Å²) in [5.41, 5.74) is 0. The van der Waals surface area contributed by atoms with E-state index in [2.05, 4.69) is 0 Å². The number of aliphatic hydroxyl groups is 1. The minimum Gasteiger partial charge on any atom is -0.479 e. The van der Waals surface area contributed by atoms with Crippen LogP contribution in [-0.2, 0) is 19.1 Å². The molecule has 0 aromatic carbocycles. The van der Waals surface area contributed by atoms with Crippen molar-refractivity contribution in [2.45, 2.75) is 25.0 Å². The van der Waals surface area contributed by atoms with E-state index in [4.69, 9.17) is 19.7 Å². The summed E-state index contributed by atoms with van der Waals surface area (Å²) in [6, 6.07) is 0. The number of carbonyl (C=O) groups excluding carboxylic acids is 1. The topological polar surface area (TPSA) is 96.3 Å². The van der Waals surface area contributed by atoms with Gasteiger partial charge in [0.2, 0.25) is 0 Å². The zero-order chi connectivity index (χ0) is 13.5. The van der Waals surface area contributed by atoms with Crippen LogP contribution in [0.2, 0.25) is 0 Å². The highest BCUT2D eigenvalue weighted by molar-refractivity contribution is 5.82. The van der Waals surface area contributed by atoms with Gasteiger partial charge in [0.25, 0.3) is 5.91 Å². The third-order valence-electron chi connectivity index (χ3n) is 2.82. The first-order valence-corrected chi connectivity index (χ1v) is 5.87. The van der Waals surface area contributed by atoms with Gasteiger partial charge < -0.3 is 24.6 Å². The molecule has 0 radical (unpaired) electrons. The predicted octanol–water partition coefficient (Wildman–Crippen LogP) is -0.914. The number of carbonyl (C=O) groups is 2. The van der Waals surface area contributed by atoms with Crippen LogP contribution in [0.5, 0.6) is 0 Å². The van der Waals surface area contributed by atoms with E-state index < -0.39 is 18.2 Å². The largest absolute Gasteiger partial charge is 0.479 e. The molecule has 2 N–H and O–H groups in total. The minimum atomic E-state index is -1.05. The first-order chi connectivity index (χ1) is 8.60. The lowest BCUT2D eigenvalue weighted by Gasteiger charge is -2.24. The summed E-state index contributed by atoms with van der Waals surface area (Å²) >= 11 is 0. The minimum absolute atomic E-state index is 0.148. The Labute approximate surface area is 105 Å². The molecule has 7 nitrogen and oxygen atoms in total. The van der Waals surface area contributed by atoms with Gasteiger partial charge in [-0.05, 0) is 12.8 Å². The molecule has 1 heterocycles. The molecule has 1 aliphatic rings. The van der Waals surface area contributed by atoms with Gasteiger partial charge in [0.15, 0.2) is 6.10 Å². The van der Waals surface area contributed by atoms with E-state index in [1.165, 1.54) is 12.0 Å². The van der Waals surface area contributed by atoms with Gasteiger partial charge in [0.05, 0.1) is 13.2 Å². The van der Waals surface area contributed by atoms with Gasteiger partial charge in [-0.2, -0.15) is 0 Å². The smallest absolute Gasteiger partial charge is 0.332 e. The van der Waals surface area contributed by atoms with Crippen LogP contribution in [0, 0.1) is 0 Å². The van der Waals surface area contributed by atoms with Crippen LogP contribution < -0.4 is 0 Å². The number of methoxy groups -OCH3 is 1. The SMILES string of the molecule is COCCN(CCO)C(=O)[C@@H]1CC[C@H](C(=O)O)O1. The van der Waals surface area contributed by atoms with E-state index in [1.54, 1.807) is 0 Å². The second-order valence-electron chi connectivity index (χ2n) is 4.07. The molecular weight excluding hydrogens is 242 g/mol. The van der Waals surface area contributed by atoms with Crippen LogP contribution in [0.1, 0.15) is 12.8 Å². The summed E-state index contributed by atoms with van der Waals surface area (Å²) in [7, 11) is 1.52. The van der Waals surface area contributed by atoms with Crippen molar-refractivity contribution in [1.29, 1.82) is 0 Å². The number of nitrogens with zero attached hydrogens (tertiary/aromatic N) is 1. The van der Waals surface area contributed by atoms with Gasteiger partial charge in [0.1, 0.15) is 6.10 Å². The maximum absolute atomic E-state index is 12.1. The molecule has 104 valence electrons. The number of carboxylic acid groups (broad SMARTS) is 1. The Kier molecular flexibility index (Phi) is 6.03. The molecule has 1 rings (SSSR count). The molecular formula is C11H19NO6. The molecule has 0 aromatic rings. The molecule has 0 aromatic heterocycles. The van der Waals surface area contributed by atoms with Crippen LogP contribution in [0.15, 0.2) is 0 Å². The summed E-state index contributed by atoms with van der Waals surface area (Å²) in [5.74, 6) is -1.33. The van der Waals surface area contributed by atoms with Crippen LogP contribution in [0.4, 0.5) is 0 Å². The molecule has 7 heteroatoms. The molecule has 0 spiro atoms. The number of aliphatic carboxylic acids is 1. The second-order valence-corrected chi connectivity index (χ2v) is 4.07. The molecule has 0 bridgehead atoms. The van der Waals surface area contributed by atoms with Crippen molar-refractivity contribution in [3.63, 3.8) is 0 Å². The Morgan fingerprint density at radius 1 is 1.33 bits per heavy atom. The Morgan fingerprint density at radius 2 is 2.00 bits per heavy atom. The van der Waals surface area contributed by atoms with Crippen LogP contribution in [-0.4, -0.2) is 72.6 Å². The first kappa shape index (κ1) is 14.9.